The lowest BCUT2D eigenvalue weighted by atomic mass is 10.1. The van der Waals surface area contributed by atoms with Gasteiger partial charge in [0.05, 0.1) is 29.1 Å². The van der Waals surface area contributed by atoms with Crippen molar-refractivity contribution in [3.8, 4) is 11.4 Å². The molecule has 0 amide bonds. The molecule has 0 saturated heterocycles. The lowest BCUT2D eigenvalue weighted by Gasteiger charge is -2.07. The number of aromatic amines is 1. The van der Waals surface area contributed by atoms with E-state index in [9.17, 15) is 22.4 Å². The fraction of sp³-hybridized carbons (Fsp3) is 0.154. The number of halogens is 4. The smallest absolute Gasteiger partial charge is 0.416 e. The van der Waals surface area contributed by atoms with Crippen LogP contribution in [0.2, 0.25) is 0 Å². The highest BCUT2D eigenvalue weighted by Crippen LogP contribution is 2.30. The summed E-state index contributed by atoms with van der Waals surface area (Å²) in [5, 5.41) is 3.80. The molecule has 5 nitrogen and oxygen atoms in total. The van der Waals surface area contributed by atoms with Gasteiger partial charge in [0.25, 0.3) is 5.52 Å². The van der Waals surface area contributed by atoms with Gasteiger partial charge in [-0.3, -0.25) is 9.89 Å². The minimum Gasteiger partial charge on any atom is -0.497 e. The van der Waals surface area contributed by atoms with Crippen molar-refractivity contribution in [3.63, 3.8) is 0 Å². The number of ether oxygens (including phenoxy) is 1. The maximum absolute atomic E-state index is 15.0. The van der Waals surface area contributed by atoms with Gasteiger partial charge >= 0.3 is 11.7 Å². The van der Waals surface area contributed by atoms with Gasteiger partial charge in [0.2, 0.25) is 0 Å². The second-order valence-electron chi connectivity index (χ2n) is 8.20. The van der Waals surface area contributed by atoms with E-state index in [4.69, 9.17) is 4.74 Å². The van der Waals surface area contributed by atoms with E-state index in [1.54, 1.807) is 42.9 Å². The Morgan fingerprint density at radius 2 is 1.69 bits per heavy atom. The Kier molecular flexibility index (Phi) is 5.35. The molecule has 3 aromatic carbocycles. The van der Waals surface area contributed by atoms with Crippen LogP contribution in [0.5, 0.6) is 5.75 Å². The summed E-state index contributed by atoms with van der Waals surface area (Å²) in [6.07, 6.45) is -4.50. The lowest BCUT2D eigenvalue weighted by molar-refractivity contribution is -0.667. The van der Waals surface area contributed by atoms with Gasteiger partial charge in [-0.2, -0.15) is 17.7 Å². The number of methoxy groups -OCH3 is 1. The monoisotopic (exact) mass is 482 g/mol. The molecule has 2 heterocycles. The number of nitrogens with one attached hydrogen (secondary N) is 1. The number of aromatic nitrogens is 3. The molecule has 5 aromatic rings. The molecule has 0 unspecified atom stereocenters. The predicted octanol–water partition coefficient (Wildman–Crippen LogP) is 5.28. The third kappa shape index (κ3) is 3.82. The number of pyridine rings is 1. The van der Waals surface area contributed by atoms with Crippen LogP contribution in [-0.2, 0) is 12.7 Å². The van der Waals surface area contributed by atoms with Crippen molar-refractivity contribution in [2.75, 3.05) is 7.11 Å². The molecule has 0 radical (unpaired) electrons. The highest BCUT2D eigenvalue weighted by atomic mass is 19.4. The Morgan fingerprint density at radius 3 is 2.31 bits per heavy atom. The van der Waals surface area contributed by atoms with Gasteiger partial charge in [0.1, 0.15) is 17.1 Å². The lowest BCUT2D eigenvalue weighted by Crippen LogP contribution is -2.42. The number of hydrogen-bond acceptors (Lipinski definition) is 2. The second kappa shape index (κ2) is 8.26. The minimum absolute atomic E-state index is 0.206. The molecule has 0 aliphatic carbocycles. The molecule has 0 aliphatic heterocycles. The van der Waals surface area contributed by atoms with Crippen molar-refractivity contribution in [1.82, 2.24) is 9.78 Å². The van der Waals surface area contributed by atoms with Gasteiger partial charge in [-0.1, -0.05) is 6.07 Å². The first-order valence-electron chi connectivity index (χ1n) is 10.7. The zero-order valence-corrected chi connectivity index (χ0v) is 18.8. The topological polar surface area (TPSA) is 50.9 Å². The Balaban J connectivity index is 1.77. The summed E-state index contributed by atoms with van der Waals surface area (Å²) in [6.45, 7) is 2.12. The van der Waals surface area contributed by atoms with Crippen LogP contribution in [0.3, 0.4) is 0 Å². The normalized spacial score (nSPS) is 11.9. The van der Waals surface area contributed by atoms with E-state index in [0.717, 1.165) is 22.4 Å². The van der Waals surface area contributed by atoms with Crippen LogP contribution in [-0.4, -0.2) is 16.9 Å². The van der Waals surface area contributed by atoms with Crippen LogP contribution in [0.4, 0.5) is 17.6 Å². The van der Waals surface area contributed by atoms with Crippen molar-refractivity contribution in [1.29, 1.82) is 0 Å². The zero-order chi connectivity index (χ0) is 24.9. The van der Waals surface area contributed by atoms with Gasteiger partial charge in [-0.05, 0) is 60.7 Å². The number of benzene rings is 3. The molecular weight excluding hydrogens is 462 g/mol. The standard InChI is InChI=1S/C26H19F4N3O2/c1-15-20-4-3-5-21(27)22(20)23-24(32(15)14-16-6-12-19(35-2)13-7-16)25(34)33(31-23)18-10-8-17(9-11-18)26(28,29)30/h3-13H,14H2,1-2H3/p+1. The maximum Gasteiger partial charge on any atom is 0.416 e. The molecule has 1 N–H and O–H groups in total. The molecule has 0 fully saturated rings. The fourth-order valence-electron chi connectivity index (χ4n) is 4.34. The van der Waals surface area contributed by atoms with Crippen molar-refractivity contribution in [3.05, 3.63) is 99.7 Å². The first-order valence-corrected chi connectivity index (χ1v) is 10.7. The van der Waals surface area contributed by atoms with Crippen molar-refractivity contribution >= 4 is 21.8 Å². The van der Waals surface area contributed by atoms with Crippen LogP contribution < -0.4 is 14.9 Å². The van der Waals surface area contributed by atoms with E-state index in [1.807, 2.05) is 12.1 Å². The first kappa shape index (κ1) is 22.6. The summed E-state index contributed by atoms with van der Waals surface area (Å²) in [6, 6.07) is 16.2. The van der Waals surface area contributed by atoms with Crippen LogP contribution in [0.15, 0.2) is 71.5 Å². The van der Waals surface area contributed by atoms with Crippen LogP contribution in [0.1, 0.15) is 16.8 Å². The van der Waals surface area contributed by atoms with E-state index < -0.39 is 23.1 Å². The van der Waals surface area contributed by atoms with E-state index in [-0.39, 0.29) is 22.1 Å². The minimum atomic E-state index is -4.50. The molecule has 0 aliphatic rings. The second-order valence-corrected chi connectivity index (χ2v) is 8.20. The largest absolute Gasteiger partial charge is 0.497 e. The molecule has 9 heteroatoms. The van der Waals surface area contributed by atoms with E-state index in [1.165, 1.54) is 18.2 Å². The van der Waals surface area contributed by atoms with Gasteiger partial charge in [0, 0.05) is 12.5 Å². The number of hydrogen-bond donors (Lipinski definition) is 1. The number of nitrogens with zero attached hydrogens (tertiary/aromatic N) is 2. The summed E-state index contributed by atoms with van der Waals surface area (Å²) >= 11 is 0. The van der Waals surface area contributed by atoms with E-state index >= 15 is 0 Å². The zero-order valence-electron chi connectivity index (χ0n) is 18.8. The van der Waals surface area contributed by atoms with Gasteiger partial charge in [0.15, 0.2) is 12.2 Å². The molecular formula is C26H20F4N3O2+. The van der Waals surface area contributed by atoms with Gasteiger partial charge in [-0.25, -0.2) is 9.07 Å². The molecule has 0 atom stereocenters. The average molecular weight is 482 g/mol. The number of H-pyrrole nitrogens is 1. The summed E-state index contributed by atoms with van der Waals surface area (Å²) in [5.41, 5.74) is 0.931. The molecule has 178 valence electrons. The van der Waals surface area contributed by atoms with Crippen LogP contribution in [0, 0.1) is 12.7 Å². The predicted molar refractivity (Wildman–Crippen MR) is 123 cm³/mol. The molecule has 35 heavy (non-hydrogen) atoms. The molecule has 0 spiro atoms. The first-order chi connectivity index (χ1) is 16.7. The molecule has 5 rings (SSSR count). The van der Waals surface area contributed by atoms with Crippen molar-refractivity contribution in [2.45, 2.75) is 19.6 Å². The highest BCUT2D eigenvalue weighted by Gasteiger charge is 2.31. The Bertz CT molecular complexity index is 1620. The summed E-state index contributed by atoms with van der Waals surface area (Å²) in [5.74, 6) is 0.181. The van der Waals surface area contributed by atoms with Crippen LogP contribution in [0.25, 0.3) is 27.5 Å². The molecule has 0 saturated carbocycles. The fourth-order valence-corrected chi connectivity index (χ4v) is 4.34. The molecule has 0 bridgehead atoms. The Hall–Kier alpha value is -4.14. The third-order valence-corrected chi connectivity index (χ3v) is 6.15. The number of fused-ring (bicyclic) bond motifs is 3. The molecule has 2 aromatic heterocycles. The quantitative estimate of drug-likeness (QED) is 0.280. The van der Waals surface area contributed by atoms with E-state index in [0.29, 0.717) is 23.4 Å². The summed E-state index contributed by atoms with van der Waals surface area (Å²) in [7, 11) is 1.57. The third-order valence-electron chi connectivity index (χ3n) is 6.15. The van der Waals surface area contributed by atoms with E-state index in [2.05, 4.69) is 5.10 Å². The Labute approximate surface area is 196 Å². The Morgan fingerprint density at radius 1 is 1.00 bits per heavy atom. The average Bonchev–Trinajstić information content (AvgIpc) is 3.18. The van der Waals surface area contributed by atoms with Crippen molar-refractivity contribution < 1.29 is 26.9 Å². The number of rotatable bonds is 4. The van der Waals surface area contributed by atoms with Gasteiger partial charge < -0.3 is 4.74 Å². The van der Waals surface area contributed by atoms with Crippen LogP contribution >= 0.6 is 0 Å². The summed E-state index contributed by atoms with van der Waals surface area (Å²) < 4.78 is 62.2. The number of aryl methyl sites for hydroxylation is 1. The SMILES string of the molecule is COc1ccc(C[n+]2c(C)c3cccc(F)c3c3[nH]n(-c4ccc(C(F)(F)F)cc4)c(=O)c32)cc1. The van der Waals surface area contributed by atoms with Gasteiger partial charge in [-0.15, -0.1) is 0 Å². The number of alkyl halides is 3. The van der Waals surface area contributed by atoms with Crippen molar-refractivity contribution in [2.24, 2.45) is 0 Å². The summed E-state index contributed by atoms with van der Waals surface area (Å²) in [4.78, 5) is 13.6. The maximum atomic E-state index is 15.0. The highest BCUT2D eigenvalue weighted by molar-refractivity contribution is 6.03.